The van der Waals surface area contributed by atoms with Crippen LogP contribution in [0, 0.1) is 0 Å². The van der Waals surface area contributed by atoms with Crippen molar-refractivity contribution in [2.24, 2.45) is 0 Å². The van der Waals surface area contributed by atoms with Crippen molar-refractivity contribution >= 4 is 27.5 Å². The number of carbonyl (C=O) groups excluding carboxylic acids is 2. The van der Waals surface area contributed by atoms with Crippen LogP contribution in [0.1, 0.15) is 32.8 Å². The summed E-state index contributed by atoms with van der Waals surface area (Å²) in [5, 5.41) is 2.93. The minimum atomic E-state index is -4.15. The molecule has 8 nitrogen and oxygen atoms in total. The molecule has 0 fully saturated rings. The van der Waals surface area contributed by atoms with Crippen molar-refractivity contribution in [3.8, 4) is 5.75 Å². The molecule has 0 spiro atoms. The first-order valence-electron chi connectivity index (χ1n) is 12.5. The zero-order valence-corrected chi connectivity index (χ0v) is 23.0. The molecule has 0 radical (unpaired) electrons. The standard InChI is InChI=1S/C29H35N3O5S/c1-5-22(2)30-29(34)23(3)31(20-24-14-8-6-9-15-24)28(33)21-32(26-18-12-13-19-27(26)37-4)38(35,36)25-16-10-7-11-17-25/h6-19,22-23H,5,20-21H2,1-4H3,(H,30,34). The van der Waals surface area contributed by atoms with Gasteiger partial charge >= 0.3 is 0 Å². The van der Waals surface area contributed by atoms with E-state index < -0.39 is 28.5 Å². The van der Waals surface area contributed by atoms with Gasteiger partial charge in [-0.05, 0) is 50.1 Å². The van der Waals surface area contributed by atoms with Gasteiger partial charge < -0.3 is 15.0 Å². The number of sulfonamides is 1. The third-order valence-corrected chi connectivity index (χ3v) is 8.10. The predicted octanol–water partition coefficient (Wildman–Crippen LogP) is 4.22. The Morgan fingerprint density at radius 1 is 0.895 bits per heavy atom. The van der Waals surface area contributed by atoms with E-state index in [1.54, 1.807) is 49.4 Å². The van der Waals surface area contributed by atoms with Crippen molar-refractivity contribution in [1.29, 1.82) is 0 Å². The third kappa shape index (κ3) is 6.92. The van der Waals surface area contributed by atoms with Gasteiger partial charge in [0.1, 0.15) is 18.3 Å². The average molecular weight is 538 g/mol. The van der Waals surface area contributed by atoms with Gasteiger partial charge in [0.2, 0.25) is 11.8 Å². The van der Waals surface area contributed by atoms with E-state index in [2.05, 4.69) is 5.32 Å². The van der Waals surface area contributed by atoms with Crippen LogP contribution >= 0.6 is 0 Å². The molecule has 0 aliphatic carbocycles. The monoisotopic (exact) mass is 537 g/mol. The zero-order valence-electron chi connectivity index (χ0n) is 22.2. The number of nitrogens with zero attached hydrogens (tertiary/aromatic N) is 2. The van der Waals surface area contributed by atoms with Crippen LogP contribution in [0.4, 0.5) is 5.69 Å². The normalized spacial score (nSPS) is 12.7. The minimum Gasteiger partial charge on any atom is -0.495 e. The van der Waals surface area contributed by atoms with Crippen molar-refractivity contribution < 1.29 is 22.7 Å². The lowest BCUT2D eigenvalue weighted by atomic mass is 10.1. The Bertz CT molecular complexity index is 1320. The van der Waals surface area contributed by atoms with Gasteiger partial charge in [-0.15, -0.1) is 0 Å². The number of carbonyl (C=O) groups is 2. The van der Waals surface area contributed by atoms with Crippen LogP contribution in [-0.2, 0) is 26.2 Å². The summed E-state index contributed by atoms with van der Waals surface area (Å²) in [6, 6.07) is 22.9. The molecule has 0 bridgehead atoms. The summed E-state index contributed by atoms with van der Waals surface area (Å²) < 4.78 is 34.1. The minimum absolute atomic E-state index is 0.0378. The molecule has 0 aromatic heterocycles. The average Bonchev–Trinajstić information content (AvgIpc) is 2.94. The first-order valence-corrected chi connectivity index (χ1v) is 14.0. The molecule has 9 heteroatoms. The molecule has 202 valence electrons. The SMILES string of the molecule is CCC(C)NC(=O)C(C)N(Cc1ccccc1)C(=O)CN(c1ccccc1OC)S(=O)(=O)c1ccccc1. The Hall–Kier alpha value is -3.85. The summed E-state index contributed by atoms with van der Waals surface area (Å²) in [5.74, 6) is -0.526. The summed E-state index contributed by atoms with van der Waals surface area (Å²) in [4.78, 5) is 28.4. The van der Waals surface area contributed by atoms with Crippen molar-refractivity contribution in [1.82, 2.24) is 10.2 Å². The number of nitrogens with one attached hydrogen (secondary N) is 1. The van der Waals surface area contributed by atoms with Crippen molar-refractivity contribution in [3.05, 3.63) is 90.5 Å². The van der Waals surface area contributed by atoms with Gasteiger partial charge in [0.25, 0.3) is 10.0 Å². The van der Waals surface area contributed by atoms with Crippen molar-refractivity contribution in [3.63, 3.8) is 0 Å². The molecule has 2 unspecified atom stereocenters. The van der Waals surface area contributed by atoms with Crippen LogP contribution in [0.5, 0.6) is 5.75 Å². The van der Waals surface area contributed by atoms with E-state index in [-0.39, 0.29) is 29.1 Å². The molecule has 1 N–H and O–H groups in total. The van der Waals surface area contributed by atoms with Gasteiger partial charge in [-0.25, -0.2) is 8.42 Å². The molecular formula is C29H35N3O5S. The Morgan fingerprint density at radius 2 is 1.47 bits per heavy atom. The second kappa shape index (κ2) is 13.1. The molecule has 0 aliphatic rings. The Morgan fingerprint density at radius 3 is 2.08 bits per heavy atom. The molecular weight excluding hydrogens is 502 g/mol. The topological polar surface area (TPSA) is 96.0 Å². The van der Waals surface area contributed by atoms with Crippen LogP contribution < -0.4 is 14.4 Å². The number of amides is 2. The Balaban J connectivity index is 2.03. The summed E-state index contributed by atoms with van der Waals surface area (Å²) in [6.07, 6.45) is 0.738. The molecule has 3 rings (SSSR count). The lowest BCUT2D eigenvalue weighted by molar-refractivity contribution is -0.139. The lowest BCUT2D eigenvalue weighted by Crippen LogP contribution is -2.52. The van der Waals surface area contributed by atoms with Gasteiger partial charge in [0.05, 0.1) is 17.7 Å². The molecule has 2 atom stereocenters. The van der Waals surface area contributed by atoms with Crippen molar-refractivity contribution in [2.75, 3.05) is 18.0 Å². The van der Waals surface area contributed by atoms with Gasteiger partial charge in [-0.2, -0.15) is 0 Å². The summed E-state index contributed by atoms with van der Waals surface area (Å²) in [7, 11) is -2.71. The second-order valence-corrected chi connectivity index (χ2v) is 10.9. The Labute approximate surface area is 225 Å². The third-order valence-electron chi connectivity index (χ3n) is 6.33. The fourth-order valence-electron chi connectivity index (χ4n) is 3.90. The molecule has 0 saturated carbocycles. The maximum atomic E-state index is 13.9. The number of para-hydroxylation sites is 2. The van der Waals surface area contributed by atoms with Crippen LogP contribution in [0.3, 0.4) is 0 Å². The van der Waals surface area contributed by atoms with Gasteiger partial charge in [-0.1, -0.05) is 67.6 Å². The zero-order chi connectivity index (χ0) is 27.7. The summed E-state index contributed by atoms with van der Waals surface area (Å²) in [6.45, 7) is 5.12. The first kappa shape index (κ1) is 28.7. The molecule has 0 saturated heterocycles. The molecule has 38 heavy (non-hydrogen) atoms. The number of ether oxygens (including phenoxy) is 1. The van der Waals surface area contributed by atoms with Crippen LogP contribution in [0.15, 0.2) is 89.8 Å². The highest BCUT2D eigenvalue weighted by molar-refractivity contribution is 7.92. The lowest BCUT2D eigenvalue weighted by Gasteiger charge is -2.32. The summed E-state index contributed by atoms with van der Waals surface area (Å²) >= 11 is 0. The van der Waals surface area contributed by atoms with Gasteiger partial charge in [0.15, 0.2) is 0 Å². The number of anilines is 1. The maximum Gasteiger partial charge on any atom is 0.264 e. The van der Waals surface area contributed by atoms with Crippen LogP contribution in [0.2, 0.25) is 0 Å². The van der Waals surface area contributed by atoms with E-state index in [0.717, 1.165) is 16.3 Å². The van der Waals surface area contributed by atoms with E-state index >= 15 is 0 Å². The molecule has 2 amide bonds. The summed E-state index contributed by atoms with van der Waals surface area (Å²) in [5.41, 5.74) is 1.04. The van der Waals surface area contributed by atoms with Crippen LogP contribution in [0.25, 0.3) is 0 Å². The fraction of sp³-hybridized carbons (Fsp3) is 0.310. The second-order valence-electron chi connectivity index (χ2n) is 9.00. The molecule has 0 heterocycles. The van der Waals surface area contributed by atoms with Gasteiger partial charge in [0, 0.05) is 12.6 Å². The van der Waals surface area contributed by atoms with E-state index in [1.165, 1.54) is 24.1 Å². The van der Waals surface area contributed by atoms with Crippen molar-refractivity contribution in [2.45, 2.75) is 50.7 Å². The van der Waals surface area contributed by atoms with E-state index in [1.807, 2.05) is 44.2 Å². The first-order chi connectivity index (χ1) is 18.2. The Kier molecular flexibility index (Phi) is 9.90. The molecule has 3 aromatic carbocycles. The largest absolute Gasteiger partial charge is 0.495 e. The highest BCUT2D eigenvalue weighted by Crippen LogP contribution is 2.32. The molecule has 0 aliphatic heterocycles. The number of methoxy groups -OCH3 is 1. The number of hydrogen-bond acceptors (Lipinski definition) is 5. The maximum absolute atomic E-state index is 13.9. The number of hydrogen-bond donors (Lipinski definition) is 1. The highest BCUT2D eigenvalue weighted by atomic mass is 32.2. The smallest absolute Gasteiger partial charge is 0.264 e. The number of benzene rings is 3. The van der Waals surface area contributed by atoms with E-state index in [9.17, 15) is 18.0 Å². The highest BCUT2D eigenvalue weighted by Gasteiger charge is 2.33. The van der Waals surface area contributed by atoms with Gasteiger partial charge in [-0.3, -0.25) is 13.9 Å². The predicted molar refractivity (Wildman–Crippen MR) is 148 cm³/mol. The van der Waals surface area contributed by atoms with E-state index in [4.69, 9.17) is 4.74 Å². The molecule has 3 aromatic rings. The quantitative estimate of drug-likeness (QED) is 0.373. The van der Waals surface area contributed by atoms with Crippen LogP contribution in [-0.4, -0.2) is 50.9 Å². The fourth-order valence-corrected chi connectivity index (χ4v) is 5.34. The number of rotatable bonds is 12. The van der Waals surface area contributed by atoms with E-state index in [0.29, 0.717) is 5.75 Å².